The maximum atomic E-state index is 12.5. The van der Waals surface area contributed by atoms with Gasteiger partial charge in [0, 0.05) is 19.6 Å². The van der Waals surface area contributed by atoms with Gasteiger partial charge < -0.3 is 14.8 Å². The maximum Gasteiger partial charge on any atom is 0.258 e. The molecule has 156 valence electrons. The first-order chi connectivity index (χ1) is 14.0. The summed E-state index contributed by atoms with van der Waals surface area (Å²) in [6.07, 6.45) is 1.81. The molecule has 0 radical (unpaired) electrons. The Morgan fingerprint density at radius 2 is 1.62 bits per heavy atom. The Hall–Kier alpha value is -2.58. The second-order valence-electron chi connectivity index (χ2n) is 6.70. The Morgan fingerprint density at radius 3 is 2.24 bits per heavy atom. The van der Waals surface area contributed by atoms with E-state index in [2.05, 4.69) is 5.32 Å². The molecule has 3 rings (SSSR count). The van der Waals surface area contributed by atoms with E-state index in [1.54, 1.807) is 36.4 Å². The van der Waals surface area contributed by atoms with Gasteiger partial charge in [-0.1, -0.05) is 24.3 Å². The van der Waals surface area contributed by atoms with Crippen LogP contribution >= 0.6 is 0 Å². The van der Waals surface area contributed by atoms with Crippen LogP contribution in [0.1, 0.15) is 25.3 Å². The number of nitrogens with zero attached hydrogens (tertiary/aromatic N) is 1. The number of ether oxygens (including phenoxy) is 2. The van der Waals surface area contributed by atoms with Gasteiger partial charge in [-0.05, 0) is 49.6 Å². The Kier molecular flexibility index (Phi) is 7.11. The van der Waals surface area contributed by atoms with Gasteiger partial charge in [0.25, 0.3) is 5.91 Å². The number of benzene rings is 2. The summed E-state index contributed by atoms with van der Waals surface area (Å²) < 4.78 is 37.6. The van der Waals surface area contributed by atoms with Gasteiger partial charge in [-0.25, -0.2) is 8.42 Å². The summed E-state index contributed by atoms with van der Waals surface area (Å²) in [6, 6.07) is 13.8. The summed E-state index contributed by atoms with van der Waals surface area (Å²) in [6.45, 7) is 3.70. The van der Waals surface area contributed by atoms with E-state index in [0.29, 0.717) is 37.7 Å². The van der Waals surface area contributed by atoms with Crippen LogP contribution in [0.3, 0.4) is 0 Å². The molecule has 1 N–H and O–H groups in total. The van der Waals surface area contributed by atoms with E-state index in [9.17, 15) is 13.2 Å². The first-order valence-corrected chi connectivity index (χ1v) is 11.1. The molecule has 1 aliphatic rings. The van der Waals surface area contributed by atoms with Crippen LogP contribution < -0.4 is 14.8 Å². The smallest absolute Gasteiger partial charge is 0.258 e. The van der Waals surface area contributed by atoms with Crippen LogP contribution in [0.25, 0.3) is 0 Å². The van der Waals surface area contributed by atoms with Crippen molar-refractivity contribution in [1.29, 1.82) is 0 Å². The van der Waals surface area contributed by atoms with Crippen molar-refractivity contribution < 1.29 is 22.7 Å². The lowest BCUT2D eigenvalue weighted by Gasteiger charge is -2.15. The van der Waals surface area contributed by atoms with E-state index in [-0.39, 0.29) is 17.4 Å². The van der Waals surface area contributed by atoms with Crippen molar-refractivity contribution in [3.63, 3.8) is 0 Å². The van der Waals surface area contributed by atoms with Gasteiger partial charge in [-0.15, -0.1) is 0 Å². The fourth-order valence-electron chi connectivity index (χ4n) is 3.10. The number of rotatable bonds is 9. The summed E-state index contributed by atoms with van der Waals surface area (Å²) in [7, 11) is -3.42. The van der Waals surface area contributed by atoms with E-state index in [1.165, 1.54) is 4.31 Å². The molecule has 0 atom stereocenters. The Bertz CT molecular complexity index is 922. The third-order valence-corrected chi connectivity index (χ3v) is 6.54. The van der Waals surface area contributed by atoms with Crippen LogP contribution in [0.4, 0.5) is 0 Å². The van der Waals surface area contributed by atoms with E-state index in [1.807, 2.05) is 19.1 Å². The number of para-hydroxylation sites is 2. The molecule has 2 aromatic rings. The molecular weight excluding hydrogens is 392 g/mol. The van der Waals surface area contributed by atoms with Crippen molar-refractivity contribution >= 4 is 15.9 Å². The summed E-state index contributed by atoms with van der Waals surface area (Å²) >= 11 is 0. The van der Waals surface area contributed by atoms with Crippen LogP contribution in [0.15, 0.2) is 53.4 Å². The van der Waals surface area contributed by atoms with Crippen molar-refractivity contribution in [2.75, 3.05) is 26.3 Å². The van der Waals surface area contributed by atoms with Gasteiger partial charge in [-0.3, -0.25) is 4.79 Å². The molecule has 1 saturated heterocycles. The molecule has 0 aliphatic carbocycles. The van der Waals surface area contributed by atoms with Gasteiger partial charge in [-0.2, -0.15) is 4.31 Å². The fourth-order valence-corrected chi connectivity index (χ4v) is 4.61. The zero-order valence-corrected chi connectivity index (χ0v) is 17.3. The first kappa shape index (κ1) is 21.1. The van der Waals surface area contributed by atoms with Crippen LogP contribution in [-0.2, 0) is 21.4 Å². The van der Waals surface area contributed by atoms with E-state index in [4.69, 9.17) is 9.47 Å². The number of hydrogen-bond donors (Lipinski definition) is 1. The highest BCUT2D eigenvalue weighted by atomic mass is 32.2. The summed E-state index contributed by atoms with van der Waals surface area (Å²) in [4.78, 5) is 12.4. The standard InChI is InChI=1S/C21H26N2O5S/c1-2-27-19-7-3-4-8-20(19)28-16-21(24)22-15-17-9-11-18(12-10-17)29(25,26)23-13-5-6-14-23/h3-4,7-12H,2,5-6,13-16H2,1H3,(H,22,24). The van der Waals surface area contributed by atoms with Crippen LogP contribution in [0.2, 0.25) is 0 Å². The lowest BCUT2D eigenvalue weighted by Crippen LogP contribution is -2.29. The molecule has 2 aromatic carbocycles. The van der Waals surface area contributed by atoms with E-state index in [0.717, 1.165) is 18.4 Å². The molecule has 0 spiro atoms. The van der Waals surface area contributed by atoms with Gasteiger partial charge in [0.1, 0.15) is 0 Å². The lowest BCUT2D eigenvalue weighted by atomic mass is 10.2. The minimum Gasteiger partial charge on any atom is -0.490 e. The van der Waals surface area contributed by atoms with Crippen molar-refractivity contribution in [1.82, 2.24) is 9.62 Å². The minimum atomic E-state index is -3.42. The molecule has 1 amide bonds. The number of carbonyl (C=O) groups excluding carboxylic acids is 1. The van der Waals surface area contributed by atoms with Crippen LogP contribution in [0, 0.1) is 0 Å². The molecule has 29 heavy (non-hydrogen) atoms. The third kappa shape index (κ3) is 5.48. The number of sulfonamides is 1. The van der Waals surface area contributed by atoms with Gasteiger partial charge >= 0.3 is 0 Å². The van der Waals surface area contributed by atoms with Crippen molar-refractivity contribution in [3.8, 4) is 11.5 Å². The second kappa shape index (κ2) is 9.76. The average Bonchev–Trinajstić information content (AvgIpc) is 3.28. The molecule has 1 heterocycles. The zero-order valence-electron chi connectivity index (χ0n) is 16.5. The lowest BCUT2D eigenvalue weighted by molar-refractivity contribution is -0.123. The molecule has 8 heteroatoms. The zero-order chi connectivity index (χ0) is 20.7. The highest BCUT2D eigenvalue weighted by molar-refractivity contribution is 7.89. The van der Waals surface area contributed by atoms with Gasteiger partial charge in [0.2, 0.25) is 10.0 Å². The number of amides is 1. The Morgan fingerprint density at radius 1 is 1.00 bits per heavy atom. The summed E-state index contributed by atoms with van der Waals surface area (Å²) in [5, 5.41) is 2.77. The molecule has 0 unspecified atom stereocenters. The minimum absolute atomic E-state index is 0.133. The van der Waals surface area contributed by atoms with Crippen molar-refractivity contribution in [2.45, 2.75) is 31.2 Å². The maximum absolute atomic E-state index is 12.5. The highest BCUT2D eigenvalue weighted by Crippen LogP contribution is 2.26. The number of nitrogens with one attached hydrogen (secondary N) is 1. The monoisotopic (exact) mass is 418 g/mol. The summed E-state index contributed by atoms with van der Waals surface area (Å²) in [5.74, 6) is 0.837. The van der Waals surface area contributed by atoms with E-state index >= 15 is 0 Å². The normalized spacial score (nSPS) is 14.5. The van der Waals surface area contributed by atoms with Crippen LogP contribution in [0.5, 0.6) is 11.5 Å². The molecule has 0 saturated carbocycles. The van der Waals surface area contributed by atoms with Gasteiger partial charge in [0.15, 0.2) is 18.1 Å². The topological polar surface area (TPSA) is 84.9 Å². The molecule has 1 aliphatic heterocycles. The first-order valence-electron chi connectivity index (χ1n) is 9.71. The Balaban J connectivity index is 1.50. The SMILES string of the molecule is CCOc1ccccc1OCC(=O)NCc1ccc(S(=O)(=O)N2CCCC2)cc1. The number of hydrogen-bond acceptors (Lipinski definition) is 5. The fraction of sp³-hybridized carbons (Fsp3) is 0.381. The predicted molar refractivity (Wildman–Crippen MR) is 109 cm³/mol. The highest BCUT2D eigenvalue weighted by Gasteiger charge is 2.26. The largest absolute Gasteiger partial charge is 0.490 e. The van der Waals surface area contributed by atoms with Gasteiger partial charge in [0.05, 0.1) is 11.5 Å². The van der Waals surface area contributed by atoms with Crippen molar-refractivity contribution in [2.24, 2.45) is 0 Å². The predicted octanol–water partition coefficient (Wildman–Crippen LogP) is 2.57. The summed E-state index contributed by atoms with van der Waals surface area (Å²) in [5.41, 5.74) is 0.813. The Labute approximate surface area is 171 Å². The van der Waals surface area contributed by atoms with E-state index < -0.39 is 10.0 Å². The number of carbonyl (C=O) groups is 1. The van der Waals surface area contributed by atoms with Crippen molar-refractivity contribution in [3.05, 3.63) is 54.1 Å². The quantitative estimate of drug-likeness (QED) is 0.677. The molecule has 0 bridgehead atoms. The molecular formula is C21H26N2O5S. The average molecular weight is 419 g/mol. The molecule has 1 fully saturated rings. The van der Waals surface area contributed by atoms with Crippen LogP contribution in [-0.4, -0.2) is 44.9 Å². The molecule has 0 aromatic heterocycles. The molecule has 7 nitrogen and oxygen atoms in total. The second-order valence-corrected chi connectivity index (χ2v) is 8.64. The third-order valence-electron chi connectivity index (χ3n) is 4.62.